The molecule has 42 heavy (non-hydrogen) atoms. The molecule has 0 bridgehead atoms. The molecule has 0 aliphatic heterocycles. The zero-order valence-electron chi connectivity index (χ0n) is 26.0. The Morgan fingerprint density at radius 1 is 0.405 bits per heavy atom. The first-order valence-corrected chi connectivity index (χ1v) is 17.0. The molecule has 0 unspecified atom stereocenters. The van der Waals surface area contributed by atoms with Crippen molar-refractivity contribution in [2.24, 2.45) is 0 Å². The number of fused-ring (bicyclic) bond motifs is 9. The summed E-state index contributed by atoms with van der Waals surface area (Å²) in [4.78, 5) is 0. The molecule has 0 nitrogen and oxygen atoms in total. The van der Waals surface area contributed by atoms with E-state index in [9.17, 15) is 0 Å². The fraction of sp³-hybridized carbons (Fsp3) is 0.381. The molecule has 216 valence electrons. The van der Waals surface area contributed by atoms with E-state index in [4.69, 9.17) is 0 Å². The summed E-state index contributed by atoms with van der Waals surface area (Å²) in [6.07, 6.45) is 28.3. The Morgan fingerprint density at radius 3 is 1.19 bits per heavy atom. The molecule has 0 fully saturated rings. The minimum absolute atomic E-state index is 1.18. The molecule has 0 heteroatoms. The smallest absolute Gasteiger partial charge is 0.00921 e. The summed E-state index contributed by atoms with van der Waals surface area (Å²) in [7, 11) is 0. The van der Waals surface area contributed by atoms with Gasteiger partial charge in [0.15, 0.2) is 0 Å². The van der Waals surface area contributed by atoms with Crippen LogP contribution in [0.1, 0.15) is 115 Å². The van der Waals surface area contributed by atoms with Gasteiger partial charge in [0.1, 0.15) is 0 Å². The summed E-state index contributed by atoms with van der Waals surface area (Å²) < 4.78 is 0. The minimum Gasteiger partial charge on any atom is -0.0839 e. The summed E-state index contributed by atoms with van der Waals surface area (Å²) in [6, 6.07) is 23.4. The van der Waals surface area contributed by atoms with E-state index in [1.807, 2.05) is 0 Å². The molecule has 0 spiro atoms. The number of hydrogen-bond acceptors (Lipinski definition) is 0. The van der Waals surface area contributed by atoms with E-state index in [0.717, 1.165) is 0 Å². The lowest BCUT2D eigenvalue weighted by Gasteiger charge is -2.19. The minimum atomic E-state index is 1.18. The van der Waals surface area contributed by atoms with Crippen molar-refractivity contribution in [2.75, 3.05) is 0 Å². The van der Waals surface area contributed by atoms with Gasteiger partial charge >= 0.3 is 0 Å². The molecule has 6 aromatic rings. The van der Waals surface area contributed by atoms with Crippen LogP contribution in [0, 0.1) is 0 Å². The van der Waals surface area contributed by atoms with E-state index in [0.29, 0.717) is 0 Å². The van der Waals surface area contributed by atoms with Gasteiger partial charge in [-0.2, -0.15) is 0 Å². The molecule has 0 aliphatic rings. The Bertz CT molecular complexity index is 1660. The van der Waals surface area contributed by atoms with Crippen LogP contribution < -0.4 is 0 Å². The number of unbranched alkanes of at least 4 members (excludes halogenated alkanes) is 12. The van der Waals surface area contributed by atoms with E-state index < -0.39 is 0 Å². The fourth-order valence-corrected chi connectivity index (χ4v) is 6.93. The summed E-state index contributed by atoms with van der Waals surface area (Å²) in [6.45, 7) is 4.59. The van der Waals surface area contributed by atoms with Gasteiger partial charge in [-0.05, 0) is 127 Å². The molecule has 6 rings (SSSR count). The van der Waals surface area contributed by atoms with Crippen LogP contribution in [0.5, 0.6) is 0 Å². The molecule has 0 saturated heterocycles. The van der Waals surface area contributed by atoms with Crippen molar-refractivity contribution >= 4 is 66.0 Å². The van der Waals surface area contributed by atoms with E-state index in [2.05, 4.69) is 98.8 Å². The van der Waals surface area contributed by atoms with Crippen molar-refractivity contribution < 1.29 is 0 Å². The highest BCUT2D eigenvalue weighted by atomic mass is 14.2. The van der Waals surface area contributed by atoms with Crippen molar-refractivity contribution in [1.29, 1.82) is 0 Å². The van der Waals surface area contributed by atoms with Gasteiger partial charge in [-0.15, -0.1) is 0 Å². The summed E-state index contributed by atoms with van der Waals surface area (Å²) in [5, 5.41) is 14.0. The Morgan fingerprint density at radius 2 is 0.762 bits per heavy atom. The number of allylic oxidation sites excluding steroid dienone is 2. The lowest BCUT2D eigenvalue weighted by molar-refractivity contribution is 0.611. The number of hydrogen-bond donors (Lipinski definition) is 0. The highest BCUT2D eigenvalue weighted by Crippen LogP contribution is 2.45. The predicted molar refractivity (Wildman–Crippen MR) is 190 cm³/mol. The summed E-state index contributed by atoms with van der Waals surface area (Å²) in [5.74, 6) is 0. The number of benzene rings is 4. The largest absolute Gasteiger partial charge is 0.0839 e. The molecular weight excluding hydrogens is 504 g/mol. The molecular formula is C42H48. The van der Waals surface area contributed by atoms with Crippen molar-refractivity contribution in [1.82, 2.24) is 0 Å². The maximum absolute atomic E-state index is 2.46. The Kier molecular flexibility index (Phi) is 9.39. The first-order chi connectivity index (χ1) is 20.8. The van der Waals surface area contributed by atoms with Crippen LogP contribution in [0.4, 0.5) is 0 Å². The molecule has 0 atom stereocenters. The van der Waals surface area contributed by atoms with Gasteiger partial charge in [0, 0.05) is 0 Å². The molecule has 0 radical (unpaired) electrons. The number of rotatable bonds is 16. The zero-order valence-corrected chi connectivity index (χ0v) is 26.0. The van der Waals surface area contributed by atoms with Crippen LogP contribution in [0.25, 0.3) is 66.0 Å². The molecule has 0 aliphatic carbocycles. The third-order valence-corrected chi connectivity index (χ3v) is 9.47. The summed E-state index contributed by atoms with van der Waals surface area (Å²) in [5.41, 5.74) is 2.75. The lowest BCUT2D eigenvalue weighted by Crippen LogP contribution is -1.93. The van der Waals surface area contributed by atoms with Gasteiger partial charge in [-0.1, -0.05) is 127 Å². The third-order valence-electron chi connectivity index (χ3n) is 9.47. The predicted octanol–water partition coefficient (Wildman–Crippen LogP) is 13.9. The second-order valence-electron chi connectivity index (χ2n) is 12.6. The second kappa shape index (κ2) is 13.7. The Balaban J connectivity index is 1.26. The highest BCUT2D eigenvalue weighted by Gasteiger charge is 2.18. The normalized spacial score (nSPS) is 12.7. The summed E-state index contributed by atoms with van der Waals surface area (Å²) >= 11 is 0. The SMILES string of the molecule is CCCCCCCC/C=C/c1cc2c(cc1/C=C/CCCCCCCC)c1cc3c4cc5ccccc5cc4c3cc21. The first kappa shape index (κ1) is 28.7. The van der Waals surface area contributed by atoms with Crippen molar-refractivity contribution in [3.8, 4) is 0 Å². The van der Waals surface area contributed by atoms with Crippen LogP contribution in [-0.2, 0) is 0 Å². The van der Waals surface area contributed by atoms with Gasteiger partial charge in [-0.25, -0.2) is 0 Å². The average Bonchev–Trinajstić information content (AvgIpc) is 3.01. The van der Waals surface area contributed by atoms with E-state index in [1.54, 1.807) is 0 Å². The van der Waals surface area contributed by atoms with Gasteiger partial charge < -0.3 is 0 Å². The van der Waals surface area contributed by atoms with Gasteiger partial charge in [-0.3, -0.25) is 0 Å². The van der Waals surface area contributed by atoms with Gasteiger partial charge in [0.2, 0.25) is 0 Å². The standard InChI is InChI=1S/C42H48/c1-3-5-7-9-11-13-15-17-21-31-25-35-36(26-32(31)22-18-16-14-12-10-8-6-4-2)40-30-42-38-28-34-24-20-19-23-33(34)27-37(38)41(42)29-39(35)40/h17-30H,3-16H2,1-2H3/b21-17+,22-18+. The second-order valence-corrected chi connectivity index (χ2v) is 12.6. The molecule has 0 heterocycles. The first-order valence-electron chi connectivity index (χ1n) is 17.0. The Labute approximate surface area is 253 Å². The van der Waals surface area contributed by atoms with Crippen molar-refractivity contribution in [3.05, 3.63) is 83.9 Å². The van der Waals surface area contributed by atoms with Crippen LogP contribution in [0.15, 0.2) is 72.8 Å². The van der Waals surface area contributed by atoms with Gasteiger partial charge in [0.25, 0.3) is 0 Å². The maximum Gasteiger partial charge on any atom is -0.00921 e. The van der Waals surface area contributed by atoms with Crippen LogP contribution in [-0.4, -0.2) is 0 Å². The molecule has 6 aromatic carbocycles. The third kappa shape index (κ3) is 6.05. The molecule has 0 N–H and O–H groups in total. The van der Waals surface area contributed by atoms with Crippen molar-refractivity contribution in [2.45, 2.75) is 104 Å². The monoisotopic (exact) mass is 552 g/mol. The zero-order chi connectivity index (χ0) is 28.7. The average molecular weight is 553 g/mol. The molecule has 0 aromatic heterocycles. The van der Waals surface area contributed by atoms with Crippen molar-refractivity contribution in [3.63, 3.8) is 0 Å². The fourth-order valence-electron chi connectivity index (χ4n) is 6.93. The van der Waals surface area contributed by atoms with Gasteiger partial charge in [0.05, 0.1) is 0 Å². The molecule has 0 amide bonds. The van der Waals surface area contributed by atoms with E-state index >= 15 is 0 Å². The van der Waals surface area contributed by atoms with Crippen LogP contribution >= 0.6 is 0 Å². The van der Waals surface area contributed by atoms with E-state index in [-0.39, 0.29) is 0 Å². The Hall–Kier alpha value is -3.38. The van der Waals surface area contributed by atoms with Crippen LogP contribution in [0.3, 0.4) is 0 Å². The highest BCUT2D eigenvalue weighted by molar-refractivity contribution is 6.36. The molecule has 0 saturated carbocycles. The quantitative estimate of drug-likeness (QED) is 0.105. The van der Waals surface area contributed by atoms with Crippen LogP contribution in [0.2, 0.25) is 0 Å². The van der Waals surface area contributed by atoms with E-state index in [1.165, 1.54) is 155 Å². The maximum atomic E-state index is 2.46. The lowest BCUT2D eigenvalue weighted by atomic mass is 9.84. The topological polar surface area (TPSA) is 0 Å².